The molecule has 0 saturated heterocycles. The number of fused-ring (bicyclic) bond motifs is 3. The first kappa shape index (κ1) is 21.3. The molecule has 0 radical (unpaired) electrons. The standard InChI is InChI=1S/C24H28F2N4O2/c1-13-6-22(7-14(2)19(13)31)10-17-4-3-15(11-27)5-18(17)24(22)20(32)30(21(28)29-24)12-16-8-23(25,26)9-16/h3-5,13-14,16,19,31H,6-10,12H2,1-2H3,(H2,28,29)/t13-,14+,19?,22?,24-/m1/s1. The lowest BCUT2D eigenvalue weighted by Crippen LogP contribution is -2.56. The first-order valence-electron chi connectivity index (χ1n) is 11.3. The minimum Gasteiger partial charge on any atom is -0.393 e. The molecule has 1 aliphatic heterocycles. The second-order valence-electron chi connectivity index (χ2n) is 10.5. The number of nitrogens with zero attached hydrogens (tertiary/aromatic N) is 3. The fourth-order valence-electron chi connectivity index (χ4n) is 6.92. The molecule has 1 aromatic carbocycles. The van der Waals surface area contributed by atoms with E-state index in [4.69, 9.17) is 10.7 Å². The van der Waals surface area contributed by atoms with Gasteiger partial charge in [-0.25, -0.2) is 13.8 Å². The summed E-state index contributed by atoms with van der Waals surface area (Å²) >= 11 is 0. The SMILES string of the molecule is C[C@@H]1CC2(Cc3ccc(C#N)cc3[C@]23N=C(N)N(CC2CC(F)(F)C2)C3=O)C[C@H](C)C1O. The summed E-state index contributed by atoms with van der Waals surface area (Å²) in [6, 6.07) is 7.52. The third-order valence-electron chi connectivity index (χ3n) is 8.25. The number of nitrogens with two attached hydrogens (primary N) is 1. The number of aliphatic imine (C=N–C) groups is 1. The van der Waals surface area contributed by atoms with Crippen LogP contribution in [0.3, 0.4) is 0 Å². The van der Waals surface area contributed by atoms with Crippen LogP contribution in [-0.2, 0) is 16.8 Å². The van der Waals surface area contributed by atoms with Crippen LogP contribution in [0, 0.1) is 34.5 Å². The summed E-state index contributed by atoms with van der Waals surface area (Å²) in [6.45, 7) is 4.10. The highest BCUT2D eigenvalue weighted by Gasteiger charge is 2.68. The lowest BCUT2D eigenvalue weighted by atomic mass is 9.56. The van der Waals surface area contributed by atoms with E-state index in [0.717, 1.165) is 5.56 Å². The van der Waals surface area contributed by atoms with Crippen molar-refractivity contribution in [1.29, 1.82) is 5.26 Å². The maximum absolute atomic E-state index is 14.1. The average Bonchev–Trinajstić information content (AvgIpc) is 3.11. The fourth-order valence-corrected chi connectivity index (χ4v) is 6.92. The largest absolute Gasteiger partial charge is 0.393 e. The molecule has 170 valence electrons. The topological polar surface area (TPSA) is 103 Å². The number of rotatable bonds is 2. The maximum atomic E-state index is 14.1. The van der Waals surface area contributed by atoms with E-state index >= 15 is 0 Å². The molecule has 5 atom stereocenters. The Morgan fingerprint density at radius 3 is 2.50 bits per heavy atom. The lowest BCUT2D eigenvalue weighted by molar-refractivity contribution is -0.146. The number of nitriles is 1. The molecule has 1 aromatic rings. The number of halogens is 2. The number of aliphatic hydroxyl groups excluding tert-OH is 1. The van der Waals surface area contributed by atoms with E-state index in [0.29, 0.717) is 30.4 Å². The van der Waals surface area contributed by atoms with E-state index < -0.39 is 23.0 Å². The summed E-state index contributed by atoms with van der Waals surface area (Å²) < 4.78 is 26.8. The van der Waals surface area contributed by atoms with Crippen LogP contribution in [0.4, 0.5) is 8.78 Å². The molecule has 8 heteroatoms. The zero-order valence-electron chi connectivity index (χ0n) is 18.3. The Hall–Kier alpha value is -2.53. The molecule has 1 heterocycles. The first-order chi connectivity index (χ1) is 15.0. The number of amides is 1. The Morgan fingerprint density at radius 1 is 1.25 bits per heavy atom. The summed E-state index contributed by atoms with van der Waals surface area (Å²) in [5.41, 5.74) is 6.52. The zero-order chi connectivity index (χ0) is 23.1. The molecule has 6 nitrogen and oxygen atoms in total. The minimum atomic E-state index is -2.68. The maximum Gasteiger partial charge on any atom is 0.262 e. The van der Waals surface area contributed by atoms with Gasteiger partial charge in [0.1, 0.15) is 0 Å². The number of benzene rings is 1. The van der Waals surface area contributed by atoms with E-state index in [1.165, 1.54) is 4.90 Å². The molecule has 3 N–H and O–H groups in total. The van der Waals surface area contributed by atoms with Crippen molar-refractivity contribution in [2.75, 3.05) is 6.54 Å². The van der Waals surface area contributed by atoms with Gasteiger partial charge in [0, 0.05) is 24.8 Å². The first-order valence-corrected chi connectivity index (χ1v) is 11.3. The minimum absolute atomic E-state index is 0.0380. The van der Waals surface area contributed by atoms with Gasteiger partial charge in [0.15, 0.2) is 11.5 Å². The van der Waals surface area contributed by atoms with Gasteiger partial charge in [0.2, 0.25) is 5.92 Å². The van der Waals surface area contributed by atoms with Gasteiger partial charge in [0.25, 0.3) is 5.91 Å². The monoisotopic (exact) mass is 442 g/mol. The summed E-state index contributed by atoms with van der Waals surface area (Å²) in [7, 11) is 0. The predicted octanol–water partition coefficient (Wildman–Crippen LogP) is 2.93. The van der Waals surface area contributed by atoms with Crippen molar-refractivity contribution in [3.05, 3.63) is 34.9 Å². The van der Waals surface area contributed by atoms with Crippen LogP contribution in [0.15, 0.2) is 23.2 Å². The fraction of sp³-hybridized carbons (Fsp3) is 0.625. The van der Waals surface area contributed by atoms with E-state index in [-0.39, 0.29) is 49.0 Å². The molecule has 4 aliphatic rings. The predicted molar refractivity (Wildman–Crippen MR) is 114 cm³/mol. The molecule has 2 saturated carbocycles. The highest BCUT2D eigenvalue weighted by Crippen LogP contribution is 2.63. The number of aliphatic hydroxyl groups is 1. The summed E-state index contributed by atoms with van der Waals surface area (Å²) in [4.78, 5) is 20.3. The van der Waals surface area contributed by atoms with Crippen LogP contribution in [0.2, 0.25) is 0 Å². The van der Waals surface area contributed by atoms with Crippen LogP contribution in [0.5, 0.6) is 0 Å². The Balaban J connectivity index is 1.60. The molecule has 2 fully saturated rings. The number of guanidine groups is 1. The highest BCUT2D eigenvalue weighted by atomic mass is 19.3. The molecule has 0 aromatic heterocycles. The third kappa shape index (κ3) is 2.76. The molecule has 32 heavy (non-hydrogen) atoms. The lowest BCUT2D eigenvalue weighted by Gasteiger charge is -2.49. The molecule has 2 spiro atoms. The number of carbonyl (C=O) groups excluding carboxylic acids is 1. The Labute approximate surface area is 186 Å². The Morgan fingerprint density at radius 2 is 1.91 bits per heavy atom. The van der Waals surface area contributed by atoms with Crippen LogP contribution in [0.1, 0.15) is 56.2 Å². The summed E-state index contributed by atoms with van der Waals surface area (Å²) in [5, 5.41) is 20.1. The summed E-state index contributed by atoms with van der Waals surface area (Å²) in [6.07, 6.45) is 0.810. The molecule has 3 aliphatic carbocycles. The van der Waals surface area contributed by atoms with Crippen molar-refractivity contribution in [2.45, 2.75) is 63.5 Å². The smallest absolute Gasteiger partial charge is 0.262 e. The van der Waals surface area contributed by atoms with Gasteiger partial charge in [-0.2, -0.15) is 5.26 Å². The van der Waals surface area contributed by atoms with Gasteiger partial charge in [0.05, 0.1) is 17.7 Å². The Kier molecular flexibility index (Phi) is 4.49. The second kappa shape index (κ2) is 6.74. The molecule has 1 amide bonds. The number of hydrogen-bond donors (Lipinski definition) is 2. The normalized spacial score (nSPS) is 38.0. The van der Waals surface area contributed by atoms with Crippen molar-refractivity contribution < 1.29 is 18.7 Å². The summed E-state index contributed by atoms with van der Waals surface area (Å²) in [5.74, 6) is -3.29. The molecular formula is C24H28F2N4O2. The van der Waals surface area contributed by atoms with Crippen LogP contribution < -0.4 is 5.73 Å². The van der Waals surface area contributed by atoms with E-state index in [1.807, 2.05) is 19.9 Å². The van der Waals surface area contributed by atoms with Crippen LogP contribution >= 0.6 is 0 Å². The van der Waals surface area contributed by atoms with Gasteiger partial charge < -0.3 is 10.8 Å². The average molecular weight is 443 g/mol. The second-order valence-corrected chi connectivity index (χ2v) is 10.5. The molecular weight excluding hydrogens is 414 g/mol. The van der Waals surface area contributed by atoms with Crippen molar-refractivity contribution in [1.82, 2.24) is 4.90 Å². The third-order valence-corrected chi connectivity index (χ3v) is 8.25. The van der Waals surface area contributed by atoms with Gasteiger partial charge in [-0.1, -0.05) is 19.9 Å². The molecule has 0 bridgehead atoms. The number of hydrogen-bond acceptors (Lipinski definition) is 5. The van der Waals surface area contributed by atoms with Crippen molar-refractivity contribution in [3.8, 4) is 6.07 Å². The molecule has 5 rings (SSSR count). The zero-order valence-corrected chi connectivity index (χ0v) is 18.3. The van der Waals surface area contributed by atoms with Crippen molar-refractivity contribution in [2.24, 2.45) is 33.9 Å². The van der Waals surface area contributed by atoms with Crippen LogP contribution in [0.25, 0.3) is 0 Å². The highest BCUT2D eigenvalue weighted by molar-refractivity contribution is 6.08. The Bertz CT molecular complexity index is 1040. The van der Waals surface area contributed by atoms with Crippen LogP contribution in [-0.4, -0.2) is 40.4 Å². The van der Waals surface area contributed by atoms with Gasteiger partial charge in [-0.05, 0) is 60.3 Å². The van der Waals surface area contributed by atoms with E-state index in [9.17, 15) is 23.9 Å². The van der Waals surface area contributed by atoms with E-state index in [2.05, 4.69) is 6.07 Å². The van der Waals surface area contributed by atoms with Crippen molar-refractivity contribution in [3.63, 3.8) is 0 Å². The molecule has 2 unspecified atom stereocenters. The van der Waals surface area contributed by atoms with Gasteiger partial charge in [-0.15, -0.1) is 0 Å². The quantitative estimate of drug-likeness (QED) is 0.735. The van der Waals surface area contributed by atoms with Crippen molar-refractivity contribution >= 4 is 11.9 Å². The number of alkyl halides is 2. The van der Waals surface area contributed by atoms with Gasteiger partial charge >= 0.3 is 0 Å². The number of carbonyl (C=O) groups is 1. The van der Waals surface area contributed by atoms with E-state index in [1.54, 1.807) is 12.1 Å². The van der Waals surface area contributed by atoms with Gasteiger partial charge in [-0.3, -0.25) is 9.69 Å².